The zero-order valence-corrected chi connectivity index (χ0v) is 15.7. The van der Waals surface area contributed by atoms with E-state index in [1.165, 1.54) is 0 Å². The number of ether oxygens (including phenoxy) is 1. The van der Waals surface area contributed by atoms with Crippen LogP contribution in [0.25, 0.3) is 0 Å². The Hall–Kier alpha value is -1.16. The van der Waals surface area contributed by atoms with Crippen molar-refractivity contribution in [3.63, 3.8) is 0 Å². The van der Waals surface area contributed by atoms with Crippen LogP contribution in [0.5, 0.6) is 0 Å². The van der Waals surface area contributed by atoms with Crippen molar-refractivity contribution in [2.45, 2.75) is 40.0 Å². The molecule has 1 unspecified atom stereocenters. The summed E-state index contributed by atoms with van der Waals surface area (Å²) in [5.41, 5.74) is 2.04. The maximum atomic E-state index is 12.1. The fourth-order valence-electron chi connectivity index (χ4n) is 3.64. The number of Topliss-reactive ketones (excluding diaryl/α,β-unsaturated/α-hetero) is 1. The Morgan fingerprint density at radius 1 is 1.48 bits per heavy atom. The van der Waals surface area contributed by atoms with Gasteiger partial charge in [-0.15, -0.1) is 6.58 Å². The van der Waals surface area contributed by atoms with Crippen molar-refractivity contribution in [3.05, 3.63) is 34.9 Å². The first-order chi connectivity index (χ1) is 10.8. The summed E-state index contributed by atoms with van der Waals surface area (Å²) in [6.07, 6.45) is 5.34. The third-order valence-electron chi connectivity index (χ3n) is 5.46. The van der Waals surface area contributed by atoms with Gasteiger partial charge in [-0.3, -0.25) is 9.59 Å². The molecule has 0 spiro atoms. The maximum absolute atomic E-state index is 12.1. The highest BCUT2D eigenvalue weighted by Crippen LogP contribution is 2.60. The second-order valence-corrected chi connectivity index (χ2v) is 7.67. The highest BCUT2D eigenvalue weighted by atomic mass is 79.9. The predicted molar refractivity (Wildman–Crippen MR) is 95.0 cm³/mol. The Kier molecular flexibility index (Phi) is 5.66. The highest BCUT2D eigenvalue weighted by molar-refractivity contribution is 9.11. The van der Waals surface area contributed by atoms with Crippen molar-refractivity contribution in [1.82, 2.24) is 0 Å². The van der Waals surface area contributed by atoms with E-state index in [4.69, 9.17) is 4.74 Å². The molecule has 0 aliphatic heterocycles. The minimum Gasteiger partial charge on any atom is -0.465 e. The molecule has 23 heavy (non-hydrogen) atoms. The number of carbonyl (C=O) groups is 2. The summed E-state index contributed by atoms with van der Waals surface area (Å²) >= 11 is 3.30. The highest BCUT2D eigenvalue weighted by Gasteiger charge is 2.56. The molecule has 0 amide bonds. The van der Waals surface area contributed by atoms with Crippen LogP contribution in [0.2, 0.25) is 0 Å². The summed E-state index contributed by atoms with van der Waals surface area (Å²) in [4.78, 5) is 25.9. The second-order valence-electron chi connectivity index (χ2n) is 7.14. The van der Waals surface area contributed by atoms with Gasteiger partial charge in [-0.2, -0.15) is 0 Å². The van der Waals surface area contributed by atoms with Gasteiger partial charge in [-0.1, -0.05) is 47.5 Å². The zero-order valence-electron chi connectivity index (χ0n) is 14.1. The van der Waals surface area contributed by atoms with Crippen LogP contribution in [-0.2, 0) is 14.3 Å². The summed E-state index contributed by atoms with van der Waals surface area (Å²) in [7, 11) is 0. The molecule has 2 aliphatic rings. The standard InChI is InChI=1S/C19H25BrO3/c1-5-6-14-12(2)13(9-17(14)21)11-23-18(22)10-16-15(7-8-20)19(16,3)4/h5,7-8,13,15-16H,1,6,9-11H2,2-4H3/b8-7+/t13?,15-,16+/m1/s1. The average molecular weight is 381 g/mol. The molecule has 2 aliphatic carbocycles. The number of hydrogen-bond donors (Lipinski definition) is 0. The average Bonchev–Trinajstić information content (AvgIpc) is 2.86. The fourth-order valence-corrected chi connectivity index (χ4v) is 3.97. The normalized spacial score (nSPS) is 29.2. The molecular weight excluding hydrogens is 356 g/mol. The summed E-state index contributed by atoms with van der Waals surface area (Å²) in [6, 6.07) is 0. The minimum atomic E-state index is -0.161. The molecule has 0 saturated heterocycles. The van der Waals surface area contributed by atoms with Gasteiger partial charge in [0.2, 0.25) is 0 Å². The lowest BCUT2D eigenvalue weighted by atomic mass is 10.0. The molecule has 0 bridgehead atoms. The van der Waals surface area contributed by atoms with Crippen LogP contribution in [0.1, 0.15) is 40.0 Å². The molecule has 0 radical (unpaired) electrons. The largest absolute Gasteiger partial charge is 0.465 e. The molecule has 2 rings (SSSR count). The molecule has 3 nitrogen and oxygen atoms in total. The van der Waals surface area contributed by atoms with Gasteiger partial charge < -0.3 is 4.74 Å². The van der Waals surface area contributed by atoms with Gasteiger partial charge >= 0.3 is 5.97 Å². The minimum absolute atomic E-state index is 0.0341. The van der Waals surface area contributed by atoms with Crippen molar-refractivity contribution in [3.8, 4) is 0 Å². The maximum Gasteiger partial charge on any atom is 0.306 e. The van der Waals surface area contributed by atoms with E-state index >= 15 is 0 Å². The Labute approximate surface area is 147 Å². The molecule has 0 aromatic rings. The Morgan fingerprint density at radius 2 is 2.17 bits per heavy atom. The molecule has 0 aromatic heterocycles. The van der Waals surface area contributed by atoms with E-state index < -0.39 is 0 Å². The Balaban J connectivity index is 1.84. The van der Waals surface area contributed by atoms with Gasteiger partial charge in [0.15, 0.2) is 5.78 Å². The predicted octanol–water partition coefficient (Wildman–Crippen LogP) is 4.58. The van der Waals surface area contributed by atoms with Crippen LogP contribution in [-0.4, -0.2) is 18.4 Å². The van der Waals surface area contributed by atoms with Crippen LogP contribution < -0.4 is 0 Å². The number of carbonyl (C=O) groups excluding carboxylic acids is 2. The molecule has 1 saturated carbocycles. The van der Waals surface area contributed by atoms with Gasteiger partial charge in [0.05, 0.1) is 6.61 Å². The third-order valence-corrected chi connectivity index (χ3v) is 5.76. The van der Waals surface area contributed by atoms with Crippen molar-refractivity contribution < 1.29 is 14.3 Å². The first-order valence-corrected chi connectivity index (χ1v) is 9.00. The monoisotopic (exact) mass is 380 g/mol. The molecule has 4 heteroatoms. The lowest BCUT2D eigenvalue weighted by Gasteiger charge is -2.12. The fraction of sp³-hybridized carbons (Fsp3) is 0.579. The van der Waals surface area contributed by atoms with Crippen molar-refractivity contribution in [2.24, 2.45) is 23.2 Å². The van der Waals surface area contributed by atoms with E-state index in [1.807, 2.05) is 11.9 Å². The molecular formula is C19H25BrO3. The van der Waals surface area contributed by atoms with Gasteiger partial charge in [0, 0.05) is 18.8 Å². The number of hydrogen-bond acceptors (Lipinski definition) is 3. The number of halogens is 1. The summed E-state index contributed by atoms with van der Waals surface area (Å²) in [5, 5.41) is 0. The van der Waals surface area contributed by atoms with E-state index in [2.05, 4.69) is 42.4 Å². The van der Waals surface area contributed by atoms with E-state index in [0.717, 1.165) is 11.1 Å². The zero-order chi connectivity index (χ0) is 17.2. The van der Waals surface area contributed by atoms with Crippen molar-refractivity contribution in [1.29, 1.82) is 0 Å². The smallest absolute Gasteiger partial charge is 0.306 e. The number of allylic oxidation sites excluding steroid dienone is 3. The molecule has 3 atom stereocenters. The second kappa shape index (κ2) is 7.16. The molecule has 0 N–H and O–H groups in total. The number of rotatable bonds is 7. The lowest BCUT2D eigenvalue weighted by molar-refractivity contribution is -0.145. The summed E-state index contributed by atoms with van der Waals surface area (Å²) in [5.74, 6) is 0.789. The van der Waals surface area contributed by atoms with Crippen LogP contribution in [0.15, 0.2) is 34.9 Å². The first-order valence-electron chi connectivity index (χ1n) is 8.09. The van der Waals surface area contributed by atoms with Crippen LogP contribution >= 0.6 is 15.9 Å². The quantitative estimate of drug-likeness (QED) is 0.479. The van der Waals surface area contributed by atoms with E-state index in [1.54, 1.807) is 6.08 Å². The molecule has 1 fully saturated rings. The summed E-state index contributed by atoms with van der Waals surface area (Å²) < 4.78 is 5.45. The third kappa shape index (κ3) is 3.85. The number of esters is 1. The van der Waals surface area contributed by atoms with Gasteiger partial charge in [-0.05, 0) is 41.2 Å². The van der Waals surface area contributed by atoms with E-state index in [9.17, 15) is 9.59 Å². The molecule has 0 heterocycles. The van der Waals surface area contributed by atoms with Crippen LogP contribution in [0.4, 0.5) is 0 Å². The SMILES string of the molecule is C=CCC1=C(C)C(COC(=O)C[C@H]2[C@@H](/C=C/Br)C2(C)C)CC1=O. The molecule has 0 aromatic carbocycles. The topological polar surface area (TPSA) is 43.4 Å². The van der Waals surface area contributed by atoms with Crippen molar-refractivity contribution in [2.75, 3.05) is 6.61 Å². The Bertz CT molecular complexity index is 571. The van der Waals surface area contributed by atoms with Gasteiger partial charge in [0.1, 0.15) is 0 Å². The van der Waals surface area contributed by atoms with Gasteiger partial charge in [0.25, 0.3) is 0 Å². The first kappa shape index (κ1) is 18.2. The van der Waals surface area contributed by atoms with Crippen LogP contribution in [0.3, 0.4) is 0 Å². The Morgan fingerprint density at radius 3 is 2.78 bits per heavy atom. The van der Waals surface area contributed by atoms with Crippen LogP contribution in [0, 0.1) is 23.2 Å². The van der Waals surface area contributed by atoms with E-state index in [-0.39, 0.29) is 23.1 Å². The van der Waals surface area contributed by atoms with Gasteiger partial charge in [-0.25, -0.2) is 0 Å². The molecule has 126 valence electrons. The summed E-state index contributed by atoms with van der Waals surface area (Å²) in [6.45, 7) is 10.3. The van der Waals surface area contributed by atoms with E-state index in [0.29, 0.717) is 37.7 Å². The van der Waals surface area contributed by atoms with Crippen molar-refractivity contribution >= 4 is 27.7 Å². The number of ketones is 1. The lowest BCUT2D eigenvalue weighted by Crippen LogP contribution is -2.15.